The van der Waals surface area contributed by atoms with Crippen molar-refractivity contribution in [2.24, 2.45) is 11.7 Å². The highest BCUT2D eigenvalue weighted by molar-refractivity contribution is 5.22. The second-order valence-corrected chi connectivity index (χ2v) is 5.73. The molecule has 1 aliphatic carbocycles. The second kappa shape index (κ2) is 7.14. The van der Waals surface area contributed by atoms with Crippen LogP contribution in [0.25, 0.3) is 0 Å². The first kappa shape index (κ1) is 15.4. The Hall–Kier alpha value is -1.00. The summed E-state index contributed by atoms with van der Waals surface area (Å²) in [6.07, 6.45) is 4.64. The van der Waals surface area contributed by atoms with Gasteiger partial charge in [0.25, 0.3) is 0 Å². The summed E-state index contributed by atoms with van der Waals surface area (Å²) >= 11 is 0. The third-order valence-electron chi connectivity index (χ3n) is 4.33. The molecule has 1 aromatic rings. The lowest BCUT2D eigenvalue weighted by Gasteiger charge is -2.32. The van der Waals surface area contributed by atoms with Crippen molar-refractivity contribution in [1.29, 1.82) is 0 Å². The van der Waals surface area contributed by atoms with Gasteiger partial charge in [0.2, 0.25) is 0 Å². The summed E-state index contributed by atoms with van der Waals surface area (Å²) in [5.74, 6) is -0.807. The molecular weight excluding hydrogens is 258 g/mol. The molecule has 1 unspecified atom stereocenters. The van der Waals surface area contributed by atoms with E-state index in [1.807, 2.05) is 0 Å². The number of rotatable bonds is 7. The van der Waals surface area contributed by atoms with E-state index in [1.165, 1.54) is 25.3 Å². The molecule has 112 valence electrons. The Bertz CT molecular complexity index is 432. The Morgan fingerprint density at radius 3 is 2.70 bits per heavy atom. The molecule has 1 atom stereocenters. The van der Waals surface area contributed by atoms with E-state index in [9.17, 15) is 8.78 Å². The predicted molar refractivity (Wildman–Crippen MR) is 77.4 cm³/mol. The first-order valence-electron chi connectivity index (χ1n) is 7.53. The Morgan fingerprint density at radius 1 is 1.35 bits per heavy atom. The van der Waals surface area contributed by atoms with Gasteiger partial charge in [0.05, 0.1) is 0 Å². The zero-order valence-electron chi connectivity index (χ0n) is 12.1. The van der Waals surface area contributed by atoms with E-state index < -0.39 is 17.7 Å². The molecule has 0 amide bonds. The van der Waals surface area contributed by atoms with Crippen LogP contribution in [0.5, 0.6) is 0 Å². The minimum atomic E-state index is -0.820. The van der Waals surface area contributed by atoms with Gasteiger partial charge in [0, 0.05) is 18.2 Å². The van der Waals surface area contributed by atoms with Crippen molar-refractivity contribution in [3.8, 4) is 0 Å². The van der Waals surface area contributed by atoms with Crippen molar-refractivity contribution in [2.75, 3.05) is 19.6 Å². The molecule has 0 radical (unpaired) electrons. The van der Waals surface area contributed by atoms with Crippen molar-refractivity contribution in [1.82, 2.24) is 4.90 Å². The van der Waals surface area contributed by atoms with Crippen LogP contribution >= 0.6 is 0 Å². The molecule has 2 nitrogen and oxygen atoms in total. The monoisotopic (exact) mass is 282 g/mol. The molecule has 1 saturated carbocycles. The third kappa shape index (κ3) is 3.76. The molecular formula is C16H24F2N2. The summed E-state index contributed by atoms with van der Waals surface area (Å²) in [4.78, 5) is 2.36. The maximum absolute atomic E-state index is 13.7. The highest BCUT2D eigenvalue weighted by Gasteiger charge is 2.21. The van der Waals surface area contributed by atoms with Gasteiger partial charge in [-0.05, 0) is 44.3 Å². The lowest BCUT2D eigenvalue weighted by molar-refractivity contribution is 0.179. The van der Waals surface area contributed by atoms with Crippen LogP contribution in [-0.4, -0.2) is 24.5 Å². The van der Waals surface area contributed by atoms with Crippen molar-refractivity contribution in [3.63, 3.8) is 0 Å². The molecule has 1 aliphatic rings. The van der Waals surface area contributed by atoms with E-state index in [1.54, 1.807) is 6.07 Å². The quantitative estimate of drug-likeness (QED) is 0.829. The molecule has 0 heterocycles. The van der Waals surface area contributed by atoms with Crippen LogP contribution in [0.2, 0.25) is 0 Å². The molecule has 2 N–H and O–H groups in total. The first-order valence-corrected chi connectivity index (χ1v) is 7.53. The fourth-order valence-electron chi connectivity index (χ4n) is 2.70. The molecule has 20 heavy (non-hydrogen) atoms. The van der Waals surface area contributed by atoms with E-state index in [-0.39, 0.29) is 5.56 Å². The van der Waals surface area contributed by atoms with Gasteiger partial charge in [0.15, 0.2) is 11.6 Å². The highest BCUT2D eigenvalue weighted by atomic mass is 19.2. The van der Waals surface area contributed by atoms with Crippen molar-refractivity contribution >= 4 is 0 Å². The molecule has 0 saturated heterocycles. The number of benzene rings is 1. The van der Waals surface area contributed by atoms with Crippen LogP contribution in [0.15, 0.2) is 18.2 Å². The van der Waals surface area contributed by atoms with Crippen molar-refractivity contribution < 1.29 is 8.78 Å². The van der Waals surface area contributed by atoms with Gasteiger partial charge in [-0.15, -0.1) is 0 Å². The standard InChI is InChI=1S/C16H24F2N2/c1-2-20(11-12-5-3-6-12)10-9-15(19)13-7-4-8-14(17)16(13)18/h4,7-8,12,15H,2-3,5-6,9-11,19H2,1H3. The number of hydrogen-bond donors (Lipinski definition) is 1. The van der Waals surface area contributed by atoms with Crippen LogP contribution in [0.3, 0.4) is 0 Å². The van der Waals surface area contributed by atoms with Gasteiger partial charge < -0.3 is 10.6 Å². The molecule has 1 fully saturated rings. The lowest BCUT2D eigenvalue weighted by atomic mass is 9.85. The topological polar surface area (TPSA) is 29.3 Å². The Morgan fingerprint density at radius 2 is 2.10 bits per heavy atom. The van der Waals surface area contributed by atoms with E-state index in [0.29, 0.717) is 6.42 Å². The number of nitrogens with two attached hydrogens (primary N) is 1. The van der Waals surface area contributed by atoms with E-state index in [2.05, 4.69) is 11.8 Å². The minimum absolute atomic E-state index is 0.282. The van der Waals surface area contributed by atoms with Crippen LogP contribution in [0.1, 0.15) is 44.2 Å². The fraction of sp³-hybridized carbons (Fsp3) is 0.625. The summed E-state index contributed by atoms with van der Waals surface area (Å²) in [6, 6.07) is 3.77. The number of hydrogen-bond acceptors (Lipinski definition) is 2. The van der Waals surface area contributed by atoms with Crippen LogP contribution in [0, 0.1) is 17.6 Å². The van der Waals surface area contributed by atoms with Gasteiger partial charge >= 0.3 is 0 Å². The lowest BCUT2D eigenvalue weighted by Crippen LogP contribution is -2.34. The molecule has 0 aliphatic heterocycles. The molecule has 1 aromatic carbocycles. The maximum atomic E-state index is 13.7. The summed E-state index contributed by atoms with van der Waals surface area (Å²) in [5, 5.41) is 0. The normalized spacial score (nSPS) is 17.2. The molecule has 0 bridgehead atoms. The largest absolute Gasteiger partial charge is 0.324 e. The zero-order chi connectivity index (χ0) is 14.5. The van der Waals surface area contributed by atoms with E-state index >= 15 is 0 Å². The molecule has 0 aromatic heterocycles. The highest BCUT2D eigenvalue weighted by Crippen LogP contribution is 2.27. The zero-order valence-corrected chi connectivity index (χ0v) is 12.1. The van der Waals surface area contributed by atoms with Crippen molar-refractivity contribution in [3.05, 3.63) is 35.4 Å². The van der Waals surface area contributed by atoms with E-state index in [0.717, 1.165) is 31.6 Å². The van der Waals surface area contributed by atoms with Crippen LogP contribution in [-0.2, 0) is 0 Å². The average molecular weight is 282 g/mol. The number of nitrogens with zero attached hydrogens (tertiary/aromatic N) is 1. The van der Waals surface area contributed by atoms with Gasteiger partial charge in [0.1, 0.15) is 0 Å². The summed E-state index contributed by atoms with van der Waals surface area (Å²) in [6.45, 7) is 5.06. The van der Waals surface area contributed by atoms with Gasteiger partial charge in [-0.1, -0.05) is 25.5 Å². The SMILES string of the molecule is CCN(CCC(N)c1cccc(F)c1F)CC1CCC1. The van der Waals surface area contributed by atoms with Gasteiger partial charge in [-0.3, -0.25) is 0 Å². The smallest absolute Gasteiger partial charge is 0.163 e. The van der Waals surface area contributed by atoms with E-state index in [4.69, 9.17) is 5.73 Å². The first-order chi connectivity index (χ1) is 9.61. The average Bonchev–Trinajstić information content (AvgIpc) is 2.40. The van der Waals surface area contributed by atoms with Crippen LogP contribution in [0.4, 0.5) is 8.78 Å². The van der Waals surface area contributed by atoms with Crippen LogP contribution < -0.4 is 5.73 Å². The molecule has 2 rings (SSSR count). The summed E-state index contributed by atoms with van der Waals surface area (Å²) in [7, 11) is 0. The minimum Gasteiger partial charge on any atom is -0.324 e. The second-order valence-electron chi connectivity index (χ2n) is 5.73. The predicted octanol–water partition coefficient (Wildman–Crippen LogP) is 3.48. The third-order valence-corrected chi connectivity index (χ3v) is 4.33. The maximum Gasteiger partial charge on any atom is 0.163 e. The Kier molecular flexibility index (Phi) is 5.49. The fourth-order valence-corrected chi connectivity index (χ4v) is 2.70. The summed E-state index contributed by atoms with van der Waals surface area (Å²) in [5.41, 5.74) is 6.29. The molecule has 0 spiro atoms. The van der Waals surface area contributed by atoms with Gasteiger partial charge in [-0.25, -0.2) is 8.78 Å². The Labute approximate surface area is 120 Å². The molecule has 4 heteroatoms. The number of halogens is 2. The summed E-state index contributed by atoms with van der Waals surface area (Å²) < 4.78 is 26.9. The van der Waals surface area contributed by atoms with Gasteiger partial charge in [-0.2, -0.15) is 0 Å². The Balaban J connectivity index is 1.86. The van der Waals surface area contributed by atoms with Crippen molar-refractivity contribution in [2.45, 2.75) is 38.6 Å².